The molecule has 1 rings (SSSR count). The van der Waals surface area contributed by atoms with Gasteiger partial charge in [0.15, 0.2) is 0 Å². The second kappa shape index (κ2) is 3.29. The maximum atomic E-state index is 10.9. The lowest BCUT2D eigenvalue weighted by Crippen LogP contribution is -2.13. The lowest BCUT2D eigenvalue weighted by Gasteiger charge is -1.99. The monoisotopic (exact) mass is 270 g/mol. The number of pyridine rings is 1. The third-order valence-electron chi connectivity index (χ3n) is 1.08. The van der Waals surface area contributed by atoms with Crippen molar-refractivity contribution in [3.63, 3.8) is 0 Å². The first-order chi connectivity index (χ1) is 5.41. The van der Waals surface area contributed by atoms with Crippen LogP contribution < -0.4 is 5.14 Å². The number of sulfonamides is 1. The fourth-order valence-electron chi connectivity index (χ4n) is 0.604. The Morgan fingerprint density at radius 3 is 2.58 bits per heavy atom. The zero-order valence-corrected chi connectivity index (χ0v) is 8.82. The maximum Gasteiger partial charge on any atom is 0.240 e. The number of primary sulfonamides is 1. The summed E-state index contributed by atoms with van der Waals surface area (Å²) >= 11 is 8.46. The number of aromatic nitrogens is 1. The molecule has 0 bridgehead atoms. The molecule has 0 aromatic carbocycles. The van der Waals surface area contributed by atoms with E-state index >= 15 is 0 Å². The van der Waals surface area contributed by atoms with Gasteiger partial charge >= 0.3 is 0 Å². The minimum absolute atomic E-state index is 0.116. The molecule has 0 aliphatic rings. The van der Waals surface area contributed by atoms with E-state index in [1.54, 1.807) is 0 Å². The number of nitrogens with zero attached hydrogens (tertiary/aromatic N) is 1. The van der Waals surface area contributed by atoms with Gasteiger partial charge in [0.1, 0.15) is 9.50 Å². The third-order valence-corrected chi connectivity index (χ3v) is 3.11. The van der Waals surface area contributed by atoms with Crippen molar-refractivity contribution in [3.8, 4) is 0 Å². The van der Waals surface area contributed by atoms with Crippen molar-refractivity contribution < 1.29 is 8.42 Å². The average Bonchev–Trinajstić information content (AvgIpc) is 1.92. The van der Waals surface area contributed by atoms with Crippen LogP contribution in [-0.4, -0.2) is 13.4 Å². The van der Waals surface area contributed by atoms with Crippen molar-refractivity contribution >= 4 is 37.6 Å². The van der Waals surface area contributed by atoms with Gasteiger partial charge < -0.3 is 0 Å². The molecular weight excluding hydrogens is 267 g/mol. The van der Waals surface area contributed by atoms with Crippen molar-refractivity contribution in [2.24, 2.45) is 5.14 Å². The molecule has 0 unspecified atom stereocenters. The quantitative estimate of drug-likeness (QED) is 0.779. The van der Waals surface area contributed by atoms with Gasteiger partial charge in [0.2, 0.25) is 10.0 Å². The number of nitrogens with two attached hydrogens (primary N) is 1. The lowest BCUT2D eigenvalue weighted by molar-refractivity contribution is 0.597. The van der Waals surface area contributed by atoms with Crippen LogP contribution in [0.4, 0.5) is 0 Å². The molecule has 0 amide bonds. The summed E-state index contributed by atoms with van der Waals surface area (Å²) in [5.74, 6) is 0. The zero-order valence-electron chi connectivity index (χ0n) is 5.66. The van der Waals surface area contributed by atoms with Crippen LogP contribution in [0.5, 0.6) is 0 Å². The van der Waals surface area contributed by atoms with E-state index in [0.717, 1.165) is 0 Å². The largest absolute Gasteiger partial charge is 0.246 e. The van der Waals surface area contributed by atoms with Crippen LogP contribution in [0.2, 0.25) is 5.02 Å². The second-order valence-electron chi connectivity index (χ2n) is 1.99. The molecule has 0 spiro atoms. The highest BCUT2D eigenvalue weighted by atomic mass is 79.9. The normalized spacial score (nSPS) is 11.6. The minimum Gasteiger partial charge on any atom is -0.246 e. The van der Waals surface area contributed by atoms with Crippen molar-refractivity contribution in [1.82, 2.24) is 4.98 Å². The van der Waals surface area contributed by atoms with E-state index < -0.39 is 10.0 Å². The first-order valence-corrected chi connectivity index (χ1v) is 5.47. The lowest BCUT2D eigenvalue weighted by atomic mass is 10.5. The number of halogens is 2. The molecule has 66 valence electrons. The predicted molar refractivity (Wildman–Crippen MR) is 48.3 cm³/mol. The average molecular weight is 272 g/mol. The molecule has 0 radical (unpaired) electrons. The molecule has 7 heteroatoms. The fraction of sp³-hybridized carbons (Fsp3) is 0. The van der Waals surface area contributed by atoms with Crippen molar-refractivity contribution in [2.75, 3.05) is 0 Å². The summed E-state index contributed by atoms with van der Waals surface area (Å²) in [7, 11) is -3.75. The van der Waals surface area contributed by atoms with Crippen molar-refractivity contribution in [3.05, 3.63) is 21.9 Å². The summed E-state index contributed by atoms with van der Waals surface area (Å²) in [5.41, 5.74) is 0. The Balaban J connectivity index is 3.43. The SMILES string of the molecule is NS(=O)(=O)c1cc(Cl)cnc1Br. The Labute approximate surface area is 82.9 Å². The molecule has 12 heavy (non-hydrogen) atoms. The number of hydrogen-bond acceptors (Lipinski definition) is 3. The zero-order chi connectivity index (χ0) is 9.35. The smallest absolute Gasteiger partial charge is 0.240 e. The third kappa shape index (κ3) is 2.16. The highest BCUT2D eigenvalue weighted by molar-refractivity contribution is 9.10. The number of hydrogen-bond donors (Lipinski definition) is 1. The molecule has 0 fully saturated rings. The first-order valence-electron chi connectivity index (χ1n) is 2.75. The molecule has 0 aliphatic heterocycles. The highest BCUT2D eigenvalue weighted by Crippen LogP contribution is 2.21. The molecule has 2 N–H and O–H groups in total. The predicted octanol–water partition coefficient (Wildman–Crippen LogP) is 1.14. The van der Waals surface area contributed by atoms with Crippen LogP contribution in [0.1, 0.15) is 0 Å². The van der Waals surface area contributed by atoms with E-state index in [4.69, 9.17) is 16.7 Å². The van der Waals surface area contributed by atoms with Gasteiger partial charge in [-0.15, -0.1) is 0 Å². The summed E-state index contributed by atoms with van der Waals surface area (Å²) in [5, 5.41) is 5.09. The van der Waals surface area contributed by atoms with Gasteiger partial charge in [-0.3, -0.25) is 0 Å². The minimum atomic E-state index is -3.75. The van der Waals surface area contributed by atoms with E-state index in [1.165, 1.54) is 12.3 Å². The Morgan fingerprint density at radius 1 is 1.58 bits per heavy atom. The van der Waals surface area contributed by atoms with Crippen molar-refractivity contribution in [2.45, 2.75) is 4.90 Å². The molecule has 1 heterocycles. The Bertz CT molecular complexity index is 406. The van der Waals surface area contributed by atoms with Gasteiger partial charge in [-0.1, -0.05) is 11.6 Å². The fourth-order valence-corrected chi connectivity index (χ4v) is 2.30. The van der Waals surface area contributed by atoms with Gasteiger partial charge in [0.05, 0.1) is 5.02 Å². The number of rotatable bonds is 1. The molecule has 1 aromatic rings. The van der Waals surface area contributed by atoms with Gasteiger partial charge in [-0.25, -0.2) is 18.5 Å². The van der Waals surface area contributed by atoms with Crippen LogP contribution in [0.15, 0.2) is 21.8 Å². The van der Waals surface area contributed by atoms with Crippen LogP contribution in [0.3, 0.4) is 0 Å². The molecule has 0 aliphatic carbocycles. The molecule has 0 atom stereocenters. The summed E-state index contributed by atoms with van der Waals surface area (Å²) in [6.07, 6.45) is 1.32. The topological polar surface area (TPSA) is 73.1 Å². The maximum absolute atomic E-state index is 10.9. The van der Waals surface area contributed by atoms with Gasteiger partial charge in [0, 0.05) is 6.20 Å². The van der Waals surface area contributed by atoms with Crippen LogP contribution in [-0.2, 0) is 10.0 Å². The summed E-state index contributed by atoms with van der Waals surface area (Å²) < 4.78 is 21.9. The van der Waals surface area contributed by atoms with Crippen LogP contribution in [0, 0.1) is 0 Å². The van der Waals surface area contributed by atoms with E-state index in [2.05, 4.69) is 20.9 Å². The Morgan fingerprint density at radius 2 is 2.17 bits per heavy atom. The molecular formula is C5H4BrClN2O2S. The van der Waals surface area contributed by atoms with Crippen LogP contribution in [0.25, 0.3) is 0 Å². The van der Waals surface area contributed by atoms with Crippen LogP contribution >= 0.6 is 27.5 Å². The van der Waals surface area contributed by atoms with Gasteiger partial charge in [0.25, 0.3) is 0 Å². The van der Waals surface area contributed by atoms with E-state index in [0.29, 0.717) is 0 Å². The van der Waals surface area contributed by atoms with E-state index in [-0.39, 0.29) is 14.5 Å². The van der Waals surface area contributed by atoms with Gasteiger partial charge in [-0.05, 0) is 22.0 Å². The Kier molecular flexibility index (Phi) is 2.72. The molecule has 1 aromatic heterocycles. The molecule has 4 nitrogen and oxygen atoms in total. The summed E-state index contributed by atoms with van der Waals surface area (Å²) in [6.45, 7) is 0. The summed E-state index contributed by atoms with van der Waals surface area (Å²) in [6, 6.07) is 1.23. The first kappa shape index (κ1) is 9.91. The van der Waals surface area contributed by atoms with Gasteiger partial charge in [-0.2, -0.15) is 0 Å². The molecule has 0 saturated carbocycles. The van der Waals surface area contributed by atoms with E-state index in [9.17, 15) is 8.42 Å². The Hall–Kier alpha value is -0.170. The summed E-state index contributed by atoms with van der Waals surface area (Å²) in [4.78, 5) is 3.55. The van der Waals surface area contributed by atoms with E-state index in [1.807, 2.05) is 0 Å². The van der Waals surface area contributed by atoms with Crippen molar-refractivity contribution in [1.29, 1.82) is 0 Å². The second-order valence-corrected chi connectivity index (χ2v) is 4.70. The molecule has 0 saturated heterocycles. The highest BCUT2D eigenvalue weighted by Gasteiger charge is 2.13. The standard InChI is InChI=1S/C5H4BrClN2O2S/c6-5-4(12(8,10)11)1-3(7)2-9-5/h1-2H,(H2,8,10,11).